The fourth-order valence-corrected chi connectivity index (χ4v) is 4.04. The summed E-state index contributed by atoms with van der Waals surface area (Å²) in [6.45, 7) is 13.5. The van der Waals surface area contributed by atoms with Gasteiger partial charge >= 0.3 is 12.2 Å². The first kappa shape index (κ1) is 30.6. The van der Waals surface area contributed by atoms with Crippen LogP contribution in [0, 0.1) is 0 Å². The third-order valence-electron chi connectivity index (χ3n) is 5.96. The second-order valence-electron chi connectivity index (χ2n) is 11.7. The number of nitrogens with zero attached hydrogens (tertiary/aromatic N) is 6. The second-order valence-corrected chi connectivity index (χ2v) is 11.7. The normalized spacial score (nSPS) is 16.4. The average Bonchev–Trinajstić information content (AvgIpc) is 2.88. The van der Waals surface area contributed by atoms with Crippen molar-refractivity contribution in [2.75, 3.05) is 26.2 Å². The molecule has 0 aromatic carbocycles. The summed E-state index contributed by atoms with van der Waals surface area (Å²) in [5.74, 6) is 1.66. The highest BCUT2D eigenvalue weighted by Gasteiger charge is 2.28. The Hall–Kier alpha value is -3.96. The van der Waals surface area contributed by atoms with Crippen LogP contribution in [0.1, 0.15) is 78.4 Å². The summed E-state index contributed by atoms with van der Waals surface area (Å²) in [4.78, 5) is 43.6. The number of aromatic hydroxyl groups is 2. The maximum atomic E-state index is 11.9. The molecule has 0 unspecified atom stereocenters. The van der Waals surface area contributed by atoms with Crippen molar-refractivity contribution in [1.82, 2.24) is 29.7 Å². The van der Waals surface area contributed by atoms with E-state index < -0.39 is 11.2 Å². The number of ether oxygens (including phenoxy) is 2. The van der Waals surface area contributed by atoms with Crippen molar-refractivity contribution in [3.8, 4) is 11.5 Å². The topological polar surface area (TPSA) is 151 Å². The van der Waals surface area contributed by atoms with Gasteiger partial charge in [-0.25, -0.2) is 29.5 Å². The number of likely N-dealkylation sites (tertiary alicyclic amines) is 1. The SMILES string of the molecule is CC(C)(C)OC(=O)N1CC=C(c2ncc(O)cn2)CC1.CC(C)(C)OC(=O)N1CCC(c2ncc(O)cn2)CC1. The Bertz CT molecular complexity index is 1160. The van der Waals surface area contributed by atoms with Crippen LogP contribution in [0.2, 0.25) is 0 Å². The van der Waals surface area contributed by atoms with Gasteiger partial charge in [-0.2, -0.15) is 0 Å². The number of hydrogen-bond donors (Lipinski definition) is 2. The molecule has 40 heavy (non-hydrogen) atoms. The van der Waals surface area contributed by atoms with Gasteiger partial charge in [0.25, 0.3) is 0 Å². The lowest BCUT2D eigenvalue weighted by molar-refractivity contribution is 0.0201. The molecule has 0 radical (unpaired) electrons. The van der Waals surface area contributed by atoms with Gasteiger partial charge in [-0.05, 0) is 66.4 Å². The maximum absolute atomic E-state index is 11.9. The summed E-state index contributed by atoms with van der Waals surface area (Å²) < 4.78 is 10.7. The lowest BCUT2D eigenvalue weighted by Gasteiger charge is -2.32. The highest BCUT2D eigenvalue weighted by Crippen LogP contribution is 2.27. The zero-order valence-corrected chi connectivity index (χ0v) is 24.1. The third-order valence-corrected chi connectivity index (χ3v) is 5.96. The molecular formula is C28H40N6O6. The van der Waals surface area contributed by atoms with E-state index in [0.29, 0.717) is 38.4 Å². The molecule has 2 N–H and O–H groups in total. The molecule has 0 aliphatic carbocycles. The Morgan fingerprint density at radius 1 is 0.775 bits per heavy atom. The quantitative estimate of drug-likeness (QED) is 0.541. The van der Waals surface area contributed by atoms with Crippen molar-refractivity contribution in [2.24, 2.45) is 0 Å². The monoisotopic (exact) mass is 556 g/mol. The van der Waals surface area contributed by atoms with Crippen molar-refractivity contribution in [3.63, 3.8) is 0 Å². The maximum Gasteiger partial charge on any atom is 0.410 e. The molecule has 218 valence electrons. The molecule has 2 amide bonds. The fourth-order valence-electron chi connectivity index (χ4n) is 4.04. The molecule has 12 nitrogen and oxygen atoms in total. The van der Waals surface area contributed by atoms with Crippen LogP contribution >= 0.6 is 0 Å². The van der Waals surface area contributed by atoms with Gasteiger partial charge in [0.1, 0.15) is 17.0 Å². The standard InChI is InChI=1S/C14H21N3O3.C14H19N3O3/c2*1-14(2,3)20-13(19)17-6-4-10(5-7-17)12-15-8-11(18)9-16-12/h8-10,18H,4-7H2,1-3H3;4,8-9,18H,5-7H2,1-3H3. The van der Waals surface area contributed by atoms with Crippen molar-refractivity contribution < 1.29 is 29.3 Å². The highest BCUT2D eigenvalue weighted by atomic mass is 16.6. The van der Waals surface area contributed by atoms with Gasteiger partial charge in [-0.3, -0.25) is 0 Å². The molecule has 4 rings (SSSR count). The second kappa shape index (κ2) is 12.9. The first-order valence-corrected chi connectivity index (χ1v) is 13.4. The lowest BCUT2D eigenvalue weighted by atomic mass is 9.96. The van der Waals surface area contributed by atoms with E-state index in [-0.39, 0.29) is 29.6 Å². The summed E-state index contributed by atoms with van der Waals surface area (Å²) >= 11 is 0. The van der Waals surface area contributed by atoms with E-state index in [1.54, 1.807) is 9.80 Å². The molecule has 4 heterocycles. The molecular weight excluding hydrogens is 516 g/mol. The number of rotatable bonds is 2. The van der Waals surface area contributed by atoms with E-state index >= 15 is 0 Å². The van der Waals surface area contributed by atoms with E-state index in [2.05, 4.69) is 19.9 Å². The van der Waals surface area contributed by atoms with E-state index in [1.807, 2.05) is 47.6 Å². The summed E-state index contributed by atoms with van der Waals surface area (Å²) in [5, 5.41) is 18.3. The van der Waals surface area contributed by atoms with Crippen molar-refractivity contribution >= 4 is 17.8 Å². The first-order valence-electron chi connectivity index (χ1n) is 13.4. The van der Waals surface area contributed by atoms with Gasteiger partial charge in [0.05, 0.1) is 24.8 Å². The van der Waals surface area contributed by atoms with E-state index in [9.17, 15) is 14.7 Å². The molecule has 12 heteroatoms. The number of amides is 2. The van der Waals surface area contributed by atoms with Crippen molar-refractivity contribution in [1.29, 1.82) is 0 Å². The minimum Gasteiger partial charge on any atom is -0.505 e. The van der Waals surface area contributed by atoms with Gasteiger partial charge < -0.3 is 29.5 Å². The molecule has 2 aromatic rings. The first-order chi connectivity index (χ1) is 18.7. The van der Waals surface area contributed by atoms with E-state index in [0.717, 1.165) is 24.2 Å². The lowest BCUT2D eigenvalue weighted by Crippen LogP contribution is -2.41. The summed E-state index contributed by atoms with van der Waals surface area (Å²) in [6, 6.07) is 0. The molecule has 2 aliphatic heterocycles. The zero-order chi connectivity index (χ0) is 29.5. The molecule has 0 spiro atoms. The Morgan fingerprint density at radius 2 is 1.25 bits per heavy atom. The zero-order valence-electron chi connectivity index (χ0n) is 24.1. The van der Waals surface area contributed by atoms with Crippen LogP contribution < -0.4 is 0 Å². The summed E-state index contributed by atoms with van der Waals surface area (Å²) in [6.07, 6.45) is 9.18. The molecule has 1 fully saturated rings. The van der Waals surface area contributed by atoms with Crippen molar-refractivity contribution in [2.45, 2.75) is 77.9 Å². The molecule has 0 atom stereocenters. The Balaban J connectivity index is 0.000000220. The van der Waals surface area contributed by atoms with Crippen LogP contribution in [0.4, 0.5) is 9.59 Å². The molecule has 0 saturated carbocycles. The number of piperidine rings is 1. The van der Waals surface area contributed by atoms with Gasteiger partial charge in [0.2, 0.25) is 0 Å². The van der Waals surface area contributed by atoms with Crippen LogP contribution in [0.3, 0.4) is 0 Å². The Kier molecular flexibility index (Phi) is 9.88. The summed E-state index contributed by atoms with van der Waals surface area (Å²) in [7, 11) is 0. The minimum atomic E-state index is -0.485. The fraction of sp³-hybridized carbons (Fsp3) is 0.571. The number of aromatic nitrogens is 4. The molecule has 2 aromatic heterocycles. The highest BCUT2D eigenvalue weighted by molar-refractivity contribution is 5.71. The molecule has 0 bridgehead atoms. The Labute approximate surface area is 235 Å². The number of carbonyl (C=O) groups is 2. The average molecular weight is 557 g/mol. The summed E-state index contributed by atoms with van der Waals surface area (Å²) in [5.41, 5.74) is 0.0274. The van der Waals surface area contributed by atoms with E-state index in [4.69, 9.17) is 14.6 Å². The van der Waals surface area contributed by atoms with Crippen LogP contribution in [0.5, 0.6) is 11.5 Å². The predicted molar refractivity (Wildman–Crippen MR) is 148 cm³/mol. The largest absolute Gasteiger partial charge is 0.505 e. The number of hydrogen-bond acceptors (Lipinski definition) is 10. The van der Waals surface area contributed by atoms with E-state index in [1.165, 1.54) is 24.8 Å². The van der Waals surface area contributed by atoms with Gasteiger partial charge in [-0.15, -0.1) is 0 Å². The van der Waals surface area contributed by atoms with Gasteiger partial charge in [0, 0.05) is 32.1 Å². The van der Waals surface area contributed by atoms with Gasteiger partial charge in [-0.1, -0.05) is 6.08 Å². The minimum absolute atomic E-state index is 0.0422. The molecule has 2 aliphatic rings. The van der Waals surface area contributed by atoms with Crippen LogP contribution in [-0.2, 0) is 9.47 Å². The number of carbonyl (C=O) groups excluding carboxylic acids is 2. The third kappa shape index (κ3) is 9.65. The predicted octanol–water partition coefficient (Wildman–Crippen LogP) is 4.50. The van der Waals surface area contributed by atoms with Crippen LogP contribution in [-0.4, -0.2) is 89.5 Å². The van der Waals surface area contributed by atoms with Gasteiger partial charge in [0.15, 0.2) is 17.3 Å². The van der Waals surface area contributed by atoms with Crippen molar-refractivity contribution in [3.05, 3.63) is 42.5 Å². The molecule has 1 saturated heterocycles. The Morgan fingerprint density at radius 3 is 1.70 bits per heavy atom. The van der Waals surface area contributed by atoms with Crippen LogP contribution in [0.25, 0.3) is 5.57 Å². The smallest absolute Gasteiger partial charge is 0.410 e. The van der Waals surface area contributed by atoms with Crippen LogP contribution in [0.15, 0.2) is 30.9 Å².